The van der Waals surface area contributed by atoms with Crippen molar-refractivity contribution in [2.45, 2.75) is 26.2 Å². The molecule has 0 saturated carbocycles. The number of rotatable bonds is 9. The number of hydrogen-bond acceptors (Lipinski definition) is 6. The zero-order chi connectivity index (χ0) is 25.5. The molecule has 2 N–H and O–H groups in total. The Bertz CT molecular complexity index is 1240. The Kier molecular flexibility index (Phi) is 7.60. The lowest BCUT2D eigenvalue weighted by molar-refractivity contribution is -0.125. The number of benzene rings is 3. The smallest absolute Gasteiger partial charge is 0.338 e. The molecule has 9 heteroatoms. The summed E-state index contributed by atoms with van der Waals surface area (Å²) in [6.07, 6.45) is -1.05. The number of nitrogens with zero attached hydrogens (tertiary/aromatic N) is 1. The second kappa shape index (κ2) is 11.2. The summed E-state index contributed by atoms with van der Waals surface area (Å²) in [6.45, 7) is 1.90. The van der Waals surface area contributed by atoms with E-state index in [1.165, 1.54) is 19.1 Å². The van der Waals surface area contributed by atoms with Gasteiger partial charge in [-0.25, -0.2) is 9.59 Å². The molecular formula is C27H25N3O6. The summed E-state index contributed by atoms with van der Waals surface area (Å²) in [4.78, 5) is 49.7. The van der Waals surface area contributed by atoms with Crippen LogP contribution < -0.4 is 15.4 Å². The van der Waals surface area contributed by atoms with Gasteiger partial charge in [-0.3, -0.25) is 14.5 Å². The molecule has 0 spiro atoms. The highest BCUT2D eigenvalue weighted by molar-refractivity contribution is 6.02. The van der Waals surface area contributed by atoms with Crippen molar-refractivity contribution in [2.24, 2.45) is 0 Å². The first-order valence-electron chi connectivity index (χ1n) is 11.3. The minimum Gasteiger partial charge on any atom is -0.489 e. The summed E-state index contributed by atoms with van der Waals surface area (Å²) in [5, 5.41) is 5.15. The molecule has 0 aromatic heterocycles. The van der Waals surface area contributed by atoms with Gasteiger partial charge in [0.15, 0.2) is 6.10 Å². The van der Waals surface area contributed by atoms with Gasteiger partial charge in [-0.1, -0.05) is 42.5 Å². The molecule has 0 aliphatic carbocycles. The van der Waals surface area contributed by atoms with Crippen LogP contribution >= 0.6 is 0 Å². The van der Waals surface area contributed by atoms with E-state index in [0.717, 1.165) is 10.5 Å². The Morgan fingerprint density at radius 1 is 0.972 bits per heavy atom. The average molecular weight is 488 g/mol. The summed E-state index contributed by atoms with van der Waals surface area (Å²) in [7, 11) is 0. The minimum atomic E-state index is -1.05. The first kappa shape index (κ1) is 24.5. The van der Waals surface area contributed by atoms with E-state index in [1.54, 1.807) is 36.4 Å². The van der Waals surface area contributed by atoms with Gasteiger partial charge in [0, 0.05) is 5.69 Å². The molecule has 36 heavy (non-hydrogen) atoms. The Morgan fingerprint density at radius 2 is 1.69 bits per heavy atom. The van der Waals surface area contributed by atoms with Crippen LogP contribution in [0.25, 0.3) is 0 Å². The third-order valence-corrected chi connectivity index (χ3v) is 5.46. The molecule has 9 nitrogen and oxygen atoms in total. The fourth-order valence-electron chi connectivity index (χ4n) is 3.50. The molecule has 1 fully saturated rings. The predicted molar refractivity (Wildman–Crippen MR) is 131 cm³/mol. The molecule has 3 aromatic carbocycles. The van der Waals surface area contributed by atoms with E-state index in [9.17, 15) is 19.2 Å². The highest BCUT2D eigenvalue weighted by Crippen LogP contribution is 2.18. The number of amides is 4. The monoisotopic (exact) mass is 487 g/mol. The summed E-state index contributed by atoms with van der Waals surface area (Å²) in [5.41, 5.74) is 2.37. The minimum absolute atomic E-state index is 0.0346. The van der Waals surface area contributed by atoms with Gasteiger partial charge in [0.05, 0.1) is 18.7 Å². The summed E-state index contributed by atoms with van der Waals surface area (Å²) in [6, 6.07) is 22.6. The molecule has 3 aromatic rings. The molecule has 1 heterocycles. The van der Waals surface area contributed by atoms with Crippen LogP contribution in [0.2, 0.25) is 0 Å². The Labute approximate surface area is 208 Å². The molecule has 1 aliphatic heterocycles. The van der Waals surface area contributed by atoms with E-state index in [2.05, 4.69) is 10.6 Å². The van der Waals surface area contributed by atoms with Crippen LogP contribution in [-0.2, 0) is 27.5 Å². The van der Waals surface area contributed by atoms with Gasteiger partial charge in [-0.2, -0.15) is 0 Å². The van der Waals surface area contributed by atoms with E-state index in [-0.39, 0.29) is 24.6 Å². The van der Waals surface area contributed by atoms with Crippen molar-refractivity contribution in [1.82, 2.24) is 10.2 Å². The van der Waals surface area contributed by atoms with Gasteiger partial charge >= 0.3 is 12.0 Å². The molecule has 4 amide bonds. The number of carbonyl (C=O) groups is 4. The number of imide groups is 1. The molecule has 4 rings (SSSR count). The van der Waals surface area contributed by atoms with E-state index in [1.807, 2.05) is 30.3 Å². The van der Waals surface area contributed by atoms with Crippen molar-refractivity contribution in [3.8, 4) is 5.75 Å². The van der Waals surface area contributed by atoms with Crippen LogP contribution in [0.4, 0.5) is 10.5 Å². The first-order valence-corrected chi connectivity index (χ1v) is 11.3. The third-order valence-electron chi connectivity index (χ3n) is 5.46. The molecule has 0 bridgehead atoms. The van der Waals surface area contributed by atoms with Gasteiger partial charge < -0.3 is 20.1 Å². The maximum atomic E-state index is 12.6. The molecule has 1 saturated heterocycles. The van der Waals surface area contributed by atoms with Crippen LogP contribution in [0, 0.1) is 0 Å². The Balaban J connectivity index is 1.28. The number of carbonyl (C=O) groups excluding carboxylic acids is 4. The zero-order valence-electron chi connectivity index (χ0n) is 19.6. The number of nitrogens with one attached hydrogen (secondary N) is 2. The number of ether oxygens (including phenoxy) is 2. The van der Waals surface area contributed by atoms with Crippen molar-refractivity contribution in [1.29, 1.82) is 0 Å². The molecule has 184 valence electrons. The summed E-state index contributed by atoms with van der Waals surface area (Å²) >= 11 is 0. The first-order chi connectivity index (χ1) is 17.4. The van der Waals surface area contributed by atoms with Crippen LogP contribution in [0.5, 0.6) is 5.75 Å². The fraction of sp³-hybridized carbons (Fsp3) is 0.185. The summed E-state index contributed by atoms with van der Waals surface area (Å²) < 4.78 is 11.1. The molecule has 1 aliphatic rings. The zero-order valence-corrected chi connectivity index (χ0v) is 19.6. The van der Waals surface area contributed by atoms with Gasteiger partial charge in [0.2, 0.25) is 5.91 Å². The molecule has 1 atom stereocenters. The fourth-order valence-corrected chi connectivity index (χ4v) is 3.50. The van der Waals surface area contributed by atoms with Gasteiger partial charge in [0.1, 0.15) is 12.4 Å². The van der Waals surface area contributed by atoms with Crippen LogP contribution in [-0.4, -0.2) is 41.4 Å². The van der Waals surface area contributed by atoms with Crippen molar-refractivity contribution in [2.75, 3.05) is 11.9 Å². The van der Waals surface area contributed by atoms with Crippen LogP contribution in [0.3, 0.4) is 0 Å². The number of anilines is 1. The van der Waals surface area contributed by atoms with Gasteiger partial charge in [0.25, 0.3) is 5.91 Å². The highest BCUT2D eigenvalue weighted by Gasteiger charge is 2.28. The Morgan fingerprint density at radius 3 is 2.39 bits per heavy atom. The third kappa shape index (κ3) is 6.26. The SMILES string of the molecule is C[C@H](OC(=O)c1cccc(CN2C(=O)CNC2=O)c1)C(=O)Nc1ccc(OCc2ccccc2)cc1. The number of hydrogen-bond donors (Lipinski definition) is 2. The molecule has 0 unspecified atom stereocenters. The standard InChI is InChI=1S/C27H25N3O6/c1-18(25(32)29-22-10-12-23(13-11-22)35-17-19-6-3-2-4-7-19)36-26(33)21-9-5-8-20(14-21)16-30-24(31)15-28-27(30)34/h2-14,18H,15-17H2,1H3,(H,28,34)(H,29,32)/t18-/m0/s1. The van der Waals surface area contributed by atoms with Gasteiger partial charge in [-0.05, 0) is 54.4 Å². The van der Waals surface area contributed by atoms with Crippen LogP contribution in [0.15, 0.2) is 78.9 Å². The average Bonchev–Trinajstić information content (AvgIpc) is 3.21. The van der Waals surface area contributed by atoms with Crippen LogP contribution in [0.1, 0.15) is 28.4 Å². The lowest BCUT2D eigenvalue weighted by atomic mass is 10.1. The highest BCUT2D eigenvalue weighted by atomic mass is 16.5. The molecular weight excluding hydrogens is 462 g/mol. The normalized spacial score (nSPS) is 13.6. The quantitative estimate of drug-likeness (QED) is 0.353. The largest absolute Gasteiger partial charge is 0.489 e. The van der Waals surface area contributed by atoms with E-state index >= 15 is 0 Å². The van der Waals surface area contributed by atoms with Crippen molar-refractivity contribution in [3.05, 3.63) is 95.6 Å². The Hall–Kier alpha value is -4.66. The number of urea groups is 1. The second-order valence-corrected chi connectivity index (χ2v) is 8.17. The van der Waals surface area contributed by atoms with Crippen molar-refractivity contribution < 1.29 is 28.7 Å². The molecule has 0 radical (unpaired) electrons. The van der Waals surface area contributed by atoms with Gasteiger partial charge in [-0.15, -0.1) is 0 Å². The van der Waals surface area contributed by atoms with E-state index in [4.69, 9.17) is 9.47 Å². The maximum absolute atomic E-state index is 12.6. The predicted octanol–water partition coefficient (Wildman–Crippen LogP) is 3.50. The maximum Gasteiger partial charge on any atom is 0.338 e. The van der Waals surface area contributed by atoms with Crippen molar-refractivity contribution in [3.63, 3.8) is 0 Å². The topological polar surface area (TPSA) is 114 Å². The number of esters is 1. The van der Waals surface area contributed by atoms with E-state index < -0.39 is 24.0 Å². The van der Waals surface area contributed by atoms with Crippen molar-refractivity contribution >= 4 is 29.5 Å². The summed E-state index contributed by atoms with van der Waals surface area (Å²) in [5.74, 6) is -0.864. The lowest BCUT2D eigenvalue weighted by Gasteiger charge is -2.15. The lowest BCUT2D eigenvalue weighted by Crippen LogP contribution is -2.31. The van der Waals surface area contributed by atoms with E-state index in [0.29, 0.717) is 23.6 Å². The second-order valence-electron chi connectivity index (χ2n) is 8.17.